The average molecular weight is 472 g/mol. The topological polar surface area (TPSA) is 222 Å². The van der Waals surface area contributed by atoms with Gasteiger partial charge in [-0.25, -0.2) is 4.79 Å². The molecule has 1 aliphatic heterocycles. The van der Waals surface area contributed by atoms with Crippen LogP contribution < -0.4 is 22.1 Å². The van der Waals surface area contributed by atoms with Crippen LogP contribution >= 0.6 is 0 Å². The molecule has 8 N–H and O–H groups in total. The minimum atomic E-state index is -1.35. The number of nitrogens with two attached hydrogens (primary N) is 2. The summed E-state index contributed by atoms with van der Waals surface area (Å²) in [5.74, 6) is -5.80. The summed E-state index contributed by atoms with van der Waals surface area (Å²) < 4.78 is 0. The highest BCUT2D eigenvalue weighted by Crippen LogP contribution is 2.21. The van der Waals surface area contributed by atoms with Crippen molar-refractivity contribution in [2.45, 2.75) is 76.5 Å². The summed E-state index contributed by atoms with van der Waals surface area (Å²) in [6.45, 7) is 3.74. The van der Waals surface area contributed by atoms with E-state index in [2.05, 4.69) is 10.6 Å². The molecule has 5 atom stereocenters. The highest BCUT2D eigenvalue weighted by Gasteiger charge is 2.40. The first-order valence-electron chi connectivity index (χ1n) is 10.8. The highest BCUT2D eigenvalue weighted by molar-refractivity contribution is 5.95. The van der Waals surface area contributed by atoms with Gasteiger partial charge in [-0.3, -0.25) is 24.0 Å². The molecule has 0 aliphatic carbocycles. The maximum atomic E-state index is 13.1. The number of likely N-dealkylation sites (tertiary alicyclic amines) is 1. The molecule has 0 aromatic carbocycles. The molecular formula is C20H33N5O8. The van der Waals surface area contributed by atoms with E-state index in [0.29, 0.717) is 19.3 Å². The van der Waals surface area contributed by atoms with Gasteiger partial charge < -0.3 is 37.2 Å². The first-order chi connectivity index (χ1) is 15.4. The zero-order valence-electron chi connectivity index (χ0n) is 18.8. The Morgan fingerprint density at radius 3 is 2.24 bits per heavy atom. The van der Waals surface area contributed by atoms with Crippen molar-refractivity contribution in [1.82, 2.24) is 15.5 Å². The molecule has 5 unspecified atom stereocenters. The summed E-state index contributed by atoms with van der Waals surface area (Å²) in [7, 11) is 0. The van der Waals surface area contributed by atoms with E-state index in [4.69, 9.17) is 16.6 Å². The average Bonchev–Trinajstić information content (AvgIpc) is 3.23. The molecule has 186 valence electrons. The fourth-order valence-corrected chi connectivity index (χ4v) is 3.53. The third-order valence-electron chi connectivity index (χ3n) is 5.64. The van der Waals surface area contributed by atoms with Crippen LogP contribution in [0.4, 0.5) is 0 Å². The molecule has 1 rings (SSSR count). The molecule has 13 heteroatoms. The number of hydrogen-bond donors (Lipinski definition) is 6. The van der Waals surface area contributed by atoms with Crippen molar-refractivity contribution in [3.8, 4) is 0 Å². The molecule has 0 aromatic heterocycles. The van der Waals surface area contributed by atoms with Gasteiger partial charge in [-0.05, 0) is 25.2 Å². The van der Waals surface area contributed by atoms with Crippen LogP contribution in [0.2, 0.25) is 0 Å². The third kappa shape index (κ3) is 8.33. The Balaban J connectivity index is 3.05. The van der Waals surface area contributed by atoms with Crippen LogP contribution in [0.25, 0.3) is 0 Å². The first kappa shape index (κ1) is 27.8. The van der Waals surface area contributed by atoms with Crippen molar-refractivity contribution in [2.75, 3.05) is 6.54 Å². The predicted molar refractivity (Wildman–Crippen MR) is 114 cm³/mol. The van der Waals surface area contributed by atoms with Gasteiger partial charge in [0.25, 0.3) is 0 Å². The van der Waals surface area contributed by atoms with Crippen LogP contribution in [-0.2, 0) is 28.8 Å². The number of primary amides is 1. The molecule has 1 aliphatic rings. The number of carbonyl (C=O) groups excluding carboxylic acids is 4. The summed E-state index contributed by atoms with van der Waals surface area (Å²) in [6.07, 6.45) is 0.0738. The molecule has 0 bridgehead atoms. The van der Waals surface area contributed by atoms with Crippen LogP contribution in [0.1, 0.15) is 52.4 Å². The van der Waals surface area contributed by atoms with Crippen LogP contribution in [0.3, 0.4) is 0 Å². The number of aliphatic carboxylic acids is 2. The summed E-state index contributed by atoms with van der Waals surface area (Å²) in [5, 5.41) is 23.2. The van der Waals surface area contributed by atoms with E-state index in [0.717, 1.165) is 0 Å². The number of amides is 4. The van der Waals surface area contributed by atoms with Crippen molar-refractivity contribution in [2.24, 2.45) is 17.4 Å². The summed E-state index contributed by atoms with van der Waals surface area (Å²) in [6, 6.07) is -4.75. The summed E-state index contributed by atoms with van der Waals surface area (Å²) in [5.41, 5.74) is 10.6. The fraction of sp³-hybridized carbons (Fsp3) is 0.700. The zero-order valence-corrected chi connectivity index (χ0v) is 18.8. The SMILES string of the molecule is CCC(C)C(NC(=O)C(CCC(=O)O)NC(=O)C(N)CC(N)=O)C(=O)N1CCCC1C(=O)O. The van der Waals surface area contributed by atoms with E-state index in [-0.39, 0.29) is 18.9 Å². The van der Waals surface area contributed by atoms with Crippen molar-refractivity contribution < 1.29 is 39.0 Å². The molecule has 0 spiro atoms. The second-order valence-corrected chi connectivity index (χ2v) is 8.17. The van der Waals surface area contributed by atoms with Gasteiger partial charge in [-0.2, -0.15) is 0 Å². The van der Waals surface area contributed by atoms with Gasteiger partial charge in [0, 0.05) is 13.0 Å². The van der Waals surface area contributed by atoms with E-state index in [1.54, 1.807) is 13.8 Å². The van der Waals surface area contributed by atoms with Crippen LogP contribution in [0, 0.1) is 5.92 Å². The van der Waals surface area contributed by atoms with E-state index >= 15 is 0 Å². The molecule has 0 saturated carbocycles. The maximum Gasteiger partial charge on any atom is 0.326 e. The van der Waals surface area contributed by atoms with E-state index in [9.17, 15) is 33.9 Å². The molecule has 1 saturated heterocycles. The van der Waals surface area contributed by atoms with Crippen LogP contribution in [0.15, 0.2) is 0 Å². The second-order valence-electron chi connectivity index (χ2n) is 8.17. The number of carboxylic acid groups (broad SMARTS) is 2. The molecule has 4 amide bonds. The number of nitrogens with zero attached hydrogens (tertiary/aromatic N) is 1. The third-order valence-corrected chi connectivity index (χ3v) is 5.64. The number of nitrogens with one attached hydrogen (secondary N) is 2. The lowest BCUT2D eigenvalue weighted by Gasteiger charge is -2.31. The molecule has 1 heterocycles. The summed E-state index contributed by atoms with van der Waals surface area (Å²) in [4.78, 5) is 73.1. The van der Waals surface area contributed by atoms with Crippen LogP contribution in [0.5, 0.6) is 0 Å². The van der Waals surface area contributed by atoms with Crippen molar-refractivity contribution in [1.29, 1.82) is 0 Å². The summed E-state index contributed by atoms with van der Waals surface area (Å²) >= 11 is 0. The van der Waals surface area contributed by atoms with Gasteiger partial charge in [0.2, 0.25) is 23.6 Å². The molecule has 1 fully saturated rings. The molecule has 0 radical (unpaired) electrons. The minimum absolute atomic E-state index is 0.236. The Hall–Kier alpha value is -3.22. The van der Waals surface area contributed by atoms with Crippen molar-refractivity contribution in [3.05, 3.63) is 0 Å². The predicted octanol–water partition coefficient (Wildman–Crippen LogP) is -1.85. The Morgan fingerprint density at radius 1 is 1.09 bits per heavy atom. The van der Waals surface area contributed by atoms with Gasteiger partial charge in [0.05, 0.1) is 12.5 Å². The lowest BCUT2D eigenvalue weighted by atomic mass is 9.96. The Morgan fingerprint density at radius 2 is 1.73 bits per heavy atom. The number of carboxylic acids is 2. The van der Waals surface area contributed by atoms with Crippen molar-refractivity contribution >= 4 is 35.6 Å². The lowest BCUT2D eigenvalue weighted by molar-refractivity contribution is -0.150. The van der Waals surface area contributed by atoms with Gasteiger partial charge in [-0.15, -0.1) is 0 Å². The Kier molecular flexibility index (Phi) is 10.7. The zero-order chi connectivity index (χ0) is 25.3. The van der Waals surface area contributed by atoms with E-state index in [1.165, 1.54) is 4.90 Å². The highest BCUT2D eigenvalue weighted by atomic mass is 16.4. The van der Waals surface area contributed by atoms with Gasteiger partial charge in [-0.1, -0.05) is 20.3 Å². The number of hydrogen-bond acceptors (Lipinski definition) is 7. The van der Waals surface area contributed by atoms with E-state index in [1.807, 2.05) is 0 Å². The number of carbonyl (C=O) groups is 6. The van der Waals surface area contributed by atoms with Gasteiger partial charge in [0.1, 0.15) is 18.1 Å². The van der Waals surface area contributed by atoms with Gasteiger partial charge in [0.15, 0.2) is 0 Å². The second kappa shape index (κ2) is 12.7. The lowest BCUT2D eigenvalue weighted by Crippen LogP contribution is -2.58. The minimum Gasteiger partial charge on any atom is -0.481 e. The first-order valence-corrected chi connectivity index (χ1v) is 10.8. The molecule has 0 aromatic rings. The Labute approximate surface area is 191 Å². The fourth-order valence-electron chi connectivity index (χ4n) is 3.53. The molecular weight excluding hydrogens is 438 g/mol. The maximum absolute atomic E-state index is 13.1. The largest absolute Gasteiger partial charge is 0.481 e. The quantitative estimate of drug-likeness (QED) is 0.177. The molecule has 13 nitrogen and oxygen atoms in total. The van der Waals surface area contributed by atoms with Crippen LogP contribution in [-0.4, -0.2) is 81.4 Å². The number of rotatable bonds is 13. The van der Waals surface area contributed by atoms with Crippen molar-refractivity contribution in [3.63, 3.8) is 0 Å². The Bertz CT molecular complexity index is 774. The standard InChI is InChI=1S/C20H33N5O8/c1-3-10(2)16(19(31)25-8-4-5-13(25)20(32)33)24-18(30)12(6-7-15(27)28)23-17(29)11(21)9-14(22)26/h10-13,16H,3-9,21H2,1-2H3,(H2,22,26)(H,23,29)(H,24,30)(H,27,28)(H,32,33). The monoisotopic (exact) mass is 471 g/mol. The van der Waals surface area contributed by atoms with Gasteiger partial charge >= 0.3 is 11.9 Å². The normalized spacial score (nSPS) is 19.1. The molecule has 33 heavy (non-hydrogen) atoms. The van der Waals surface area contributed by atoms with E-state index < -0.39 is 72.6 Å². The smallest absolute Gasteiger partial charge is 0.326 e.